The average molecular weight is 461 g/mol. The third kappa shape index (κ3) is 5.87. The van der Waals surface area contributed by atoms with Gasteiger partial charge in [0.1, 0.15) is 0 Å². The topological polar surface area (TPSA) is 70.1 Å². The van der Waals surface area contributed by atoms with Crippen LogP contribution in [0, 0.1) is 0 Å². The van der Waals surface area contributed by atoms with Crippen LogP contribution in [-0.4, -0.2) is 27.8 Å². The summed E-state index contributed by atoms with van der Waals surface area (Å²) in [4.78, 5) is 20.3. The lowest BCUT2D eigenvalue weighted by Crippen LogP contribution is -2.17. The second kappa shape index (κ2) is 10.8. The molecule has 7 heteroatoms. The number of hydrazone groups is 1. The zero-order valence-corrected chi connectivity index (χ0v) is 18.7. The minimum Gasteiger partial charge on any atom is -0.332 e. The highest BCUT2D eigenvalue weighted by atomic mass is 35.5. The maximum Gasteiger partial charge on any atom is 0.240 e. The quantitative estimate of drug-likeness (QED) is 0.191. The Morgan fingerprint density at radius 3 is 2.31 bits per heavy atom. The molecule has 0 unspecified atom stereocenters. The molecule has 0 saturated heterocycles. The number of thioether (sulfide) groups is 1. The van der Waals surface area contributed by atoms with Gasteiger partial charge in [0.05, 0.1) is 17.6 Å². The van der Waals surface area contributed by atoms with Crippen LogP contribution < -0.4 is 5.43 Å². The van der Waals surface area contributed by atoms with Gasteiger partial charge in [-0.25, -0.2) is 10.4 Å². The Bertz CT molecular complexity index is 1130. The predicted octanol–water partition coefficient (Wildman–Crippen LogP) is 6.03. The van der Waals surface area contributed by atoms with E-state index in [0.29, 0.717) is 17.2 Å². The van der Waals surface area contributed by atoms with Crippen molar-refractivity contribution in [1.82, 2.24) is 15.4 Å². The molecule has 2 N–H and O–H groups in total. The van der Waals surface area contributed by atoms with Crippen molar-refractivity contribution >= 4 is 35.5 Å². The first-order chi connectivity index (χ1) is 15.7. The highest BCUT2D eigenvalue weighted by Crippen LogP contribution is 2.32. The van der Waals surface area contributed by atoms with Gasteiger partial charge in [-0.15, -0.1) is 0 Å². The predicted molar refractivity (Wildman–Crippen MR) is 132 cm³/mol. The number of rotatable bonds is 8. The molecule has 0 aliphatic rings. The van der Waals surface area contributed by atoms with Crippen LogP contribution >= 0.6 is 23.4 Å². The molecule has 1 amide bonds. The van der Waals surface area contributed by atoms with E-state index in [-0.39, 0.29) is 5.91 Å². The summed E-state index contributed by atoms with van der Waals surface area (Å²) in [6, 6.07) is 27.4. The molecule has 0 radical (unpaired) electrons. The monoisotopic (exact) mass is 460 g/mol. The number of hydrogen-bond donors (Lipinski definition) is 2. The third-order valence-electron chi connectivity index (χ3n) is 4.63. The summed E-state index contributed by atoms with van der Waals surface area (Å²) in [6.07, 6.45) is 1.91. The van der Waals surface area contributed by atoms with Gasteiger partial charge in [0.2, 0.25) is 5.91 Å². The molecule has 0 spiro atoms. The molecule has 0 aliphatic carbocycles. The number of carbonyl (C=O) groups excluding carboxylic acids is 1. The Balaban J connectivity index is 1.37. The molecule has 4 rings (SSSR count). The fraction of sp³-hybridized carbons (Fsp3) is 0.0800. The van der Waals surface area contributed by atoms with Crippen molar-refractivity contribution in [3.8, 4) is 22.5 Å². The van der Waals surface area contributed by atoms with Crippen molar-refractivity contribution in [2.24, 2.45) is 5.10 Å². The highest BCUT2D eigenvalue weighted by molar-refractivity contribution is 7.99. The maximum atomic E-state index is 12.1. The van der Waals surface area contributed by atoms with Crippen LogP contribution in [0.15, 0.2) is 95.2 Å². The van der Waals surface area contributed by atoms with E-state index in [2.05, 4.69) is 27.6 Å². The number of nitrogens with zero attached hydrogens (tertiary/aromatic N) is 2. The fourth-order valence-corrected chi connectivity index (χ4v) is 4.00. The molecule has 0 bridgehead atoms. The number of aromatic nitrogens is 2. The van der Waals surface area contributed by atoms with Gasteiger partial charge in [-0.1, -0.05) is 96.2 Å². The Hall–Kier alpha value is -3.35. The normalized spacial score (nSPS) is 11.0. The zero-order chi connectivity index (χ0) is 22.2. The van der Waals surface area contributed by atoms with E-state index in [1.165, 1.54) is 11.8 Å². The van der Waals surface area contributed by atoms with E-state index in [1.807, 2.05) is 60.7 Å². The summed E-state index contributed by atoms with van der Waals surface area (Å²) in [5.74, 6) is 0.430. The molecule has 160 valence electrons. The smallest absolute Gasteiger partial charge is 0.240 e. The molecule has 1 aromatic heterocycles. The summed E-state index contributed by atoms with van der Waals surface area (Å²) in [5.41, 5.74) is 7.40. The Morgan fingerprint density at radius 2 is 1.62 bits per heavy atom. The molecule has 3 aromatic carbocycles. The van der Waals surface area contributed by atoms with Crippen molar-refractivity contribution in [3.63, 3.8) is 0 Å². The van der Waals surface area contributed by atoms with Crippen molar-refractivity contribution in [3.05, 3.63) is 95.5 Å². The minimum absolute atomic E-state index is 0.152. The van der Waals surface area contributed by atoms with Crippen LogP contribution in [0.5, 0.6) is 0 Å². The summed E-state index contributed by atoms with van der Waals surface area (Å²) in [5, 5.41) is 5.43. The van der Waals surface area contributed by atoms with Gasteiger partial charge >= 0.3 is 0 Å². The van der Waals surface area contributed by atoms with Gasteiger partial charge in [0, 0.05) is 28.3 Å². The molecule has 5 nitrogen and oxygen atoms in total. The van der Waals surface area contributed by atoms with E-state index in [9.17, 15) is 4.79 Å². The number of hydrogen-bond acceptors (Lipinski definition) is 4. The largest absolute Gasteiger partial charge is 0.332 e. The number of aromatic amines is 1. The Kier molecular flexibility index (Phi) is 7.38. The molecule has 32 heavy (non-hydrogen) atoms. The second-order valence-corrected chi connectivity index (χ2v) is 8.46. The standard InChI is InChI=1S/C25H21ClN4OS/c26-21-13-11-18(12-14-21)17-27-30-22(31)15-16-32-25-28-23(19-7-3-1-4-8-19)24(29-25)20-9-5-2-6-10-20/h1-14,17H,15-16H2,(H,28,29)(H,30,31)/b27-17+. The first-order valence-corrected chi connectivity index (χ1v) is 11.5. The molecule has 1 heterocycles. The van der Waals surface area contributed by atoms with Crippen molar-refractivity contribution in [1.29, 1.82) is 0 Å². The highest BCUT2D eigenvalue weighted by Gasteiger charge is 2.14. The van der Waals surface area contributed by atoms with Crippen LogP contribution in [0.4, 0.5) is 0 Å². The SMILES string of the molecule is O=C(CCSc1nc(-c2ccccc2)c(-c2ccccc2)[nH]1)N/N=C/c1ccc(Cl)cc1. The second-order valence-electron chi connectivity index (χ2n) is 6.94. The van der Waals surface area contributed by atoms with E-state index < -0.39 is 0 Å². The lowest BCUT2D eigenvalue weighted by Gasteiger charge is -2.02. The van der Waals surface area contributed by atoms with Crippen LogP contribution in [0.1, 0.15) is 12.0 Å². The van der Waals surface area contributed by atoms with E-state index in [1.54, 1.807) is 18.3 Å². The molecular weight excluding hydrogens is 440 g/mol. The molecular formula is C25H21ClN4OS. The molecule has 0 saturated carbocycles. The van der Waals surface area contributed by atoms with Crippen molar-refractivity contribution < 1.29 is 4.79 Å². The fourth-order valence-electron chi connectivity index (χ4n) is 3.06. The Labute approximate surface area is 195 Å². The summed E-state index contributed by atoms with van der Waals surface area (Å²) >= 11 is 7.37. The third-order valence-corrected chi connectivity index (χ3v) is 5.76. The van der Waals surface area contributed by atoms with Crippen molar-refractivity contribution in [2.75, 3.05) is 5.75 Å². The maximum absolute atomic E-state index is 12.1. The first-order valence-electron chi connectivity index (χ1n) is 10.1. The van der Waals surface area contributed by atoms with Gasteiger partial charge < -0.3 is 4.98 Å². The Morgan fingerprint density at radius 1 is 0.969 bits per heavy atom. The van der Waals surface area contributed by atoms with Gasteiger partial charge in [-0.2, -0.15) is 5.10 Å². The number of benzene rings is 3. The molecule has 4 aromatic rings. The first kappa shape index (κ1) is 21.9. The molecule has 0 aliphatic heterocycles. The summed E-state index contributed by atoms with van der Waals surface area (Å²) in [7, 11) is 0. The van der Waals surface area contributed by atoms with Crippen LogP contribution in [-0.2, 0) is 4.79 Å². The van der Waals surface area contributed by atoms with Crippen molar-refractivity contribution in [2.45, 2.75) is 11.6 Å². The molecule has 0 fully saturated rings. The number of H-pyrrole nitrogens is 1. The number of halogens is 1. The van der Waals surface area contributed by atoms with Gasteiger partial charge in [0.25, 0.3) is 0 Å². The average Bonchev–Trinajstić information content (AvgIpc) is 3.26. The molecule has 0 atom stereocenters. The summed E-state index contributed by atoms with van der Waals surface area (Å²) < 4.78 is 0. The zero-order valence-electron chi connectivity index (χ0n) is 17.2. The minimum atomic E-state index is -0.152. The number of imidazole rings is 1. The van der Waals surface area contributed by atoms with E-state index in [4.69, 9.17) is 16.6 Å². The van der Waals surface area contributed by atoms with Crippen LogP contribution in [0.25, 0.3) is 22.5 Å². The van der Waals surface area contributed by atoms with E-state index >= 15 is 0 Å². The lowest BCUT2D eigenvalue weighted by molar-refractivity contribution is -0.120. The van der Waals surface area contributed by atoms with Gasteiger partial charge in [0.15, 0.2) is 5.16 Å². The number of carbonyl (C=O) groups is 1. The van der Waals surface area contributed by atoms with Crippen LogP contribution in [0.2, 0.25) is 5.02 Å². The lowest BCUT2D eigenvalue weighted by atomic mass is 10.1. The van der Waals surface area contributed by atoms with Gasteiger partial charge in [-0.05, 0) is 17.7 Å². The van der Waals surface area contributed by atoms with Crippen LogP contribution in [0.3, 0.4) is 0 Å². The number of nitrogens with one attached hydrogen (secondary N) is 2. The van der Waals surface area contributed by atoms with Gasteiger partial charge in [-0.3, -0.25) is 4.79 Å². The summed E-state index contributed by atoms with van der Waals surface area (Å²) in [6.45, 7) is 0. The number of amides is 1. The van der Waals surface area contributed by atoms with E-state index in [0.717, 1.165) is 33.2 Å².